The molecule has 0 saturated carbocycles. The number of hydrogen-bond acceptors (Lipinski definition) is 8. The lowest BCUT2D eigenvalue weighted by Gasteiger charge is -2.32. The fourth-order valence-corrected chi connectivity index (χ4v) is 4.26. The molecule has 0 aromatic carbocycles. The van der Waals surface area contributed by atoms with E-state index in [1.54, 1.807) is 0 Å². The molecule has 0 spiro atoms. The van der Waals surface area contributed by atoms with Gasteiger partial charge in [-0.25, -0.2) is 15.0 Å². The van der Waals surface area contributed by atoms with E-state index in [0.29, 0.717) is 6.54 Å². The second-order valence-corrected chi connectivity index (χ2v) is 8.99. The Morgan fingerprint density at radius 1 is 1.18 bits per heavy atom. The summed E-state index contributed by atoms with van der Waals surface area (Å²) in [6, 6.07) is 0. The molecule has 0 atom stereocenters. The van der Waals surface area contributed by atoms with Gasteiger partial charge in [0.1, 0.15) is 5.82 Å². The fourth-order valence-electron chi connectivity index (χ4n) is 4.13. The summed E-state index contributed by atoms with van der Waals surface area (Å²) in [6.45, 7) is 4.09. The second kappa shape index (κ2) is 13.1. The number of aliphatic imine (C=N–C) groups is 1. The van der Waals surface area contributed by atoms with Crippen molar-refractivity contribution in [2.45, 2.75) is 51.4 Å². The summed E-state index contributed by atoms with van der Waals surface area (Å²) < 4.78 is 0. The number of anilines is 2. The average Bonchev–Trinajstić information content (AvgIpc) is 3.33. The normalized spacial score (nSPS) is 15.5. The molecule has 0 unspecified atom stereocenters. The third-order valence-electron chi connectivity index (χ3n) is 6.06. The minimum Gasteiger partial charge on any atom is -0.382 e. The zero-order valence-corrected chi connectivity index (χ0v) is 20.2. The number of nitrogens with one attached hydrogen (secondary N) is 2. The van der Waals surface area contributed by atoms with Gasteiger partial charge < -0.3 is 27.1 Å². The number of imidazole rings is 1. The van der Waals surface area contributed by atoms with E-state index in [9.17, 15) is 4.79 Å². The predicted octanol–water partition coefficient (Wildman–Crippen LogP) is 1.97. The molecule has 3 rings (SSSR count). The highest BCUT2D eigenvalue weighted by molar-refractivity contribution is 6.31. The van der Waals surface area contributed by atoms with E-state index < -0.39 is 5.91 Å². The van der Waals surface area contributed by atoms with Crippen molar-refractivity contribution >= 4 is 35.1 Å². The quantitative estimate of drug-likeness (QED) is 0.180. The Balaban J connectivity index is 1.25. The van der Waals surface area contributed by atoms with Crippen LogP contribution in [0.3, 0.4) is 0 Å². The molecule has 3 heterocycles. The maximum absolute atomic E-state index is 12.2. The number of carbonyl (C=O) groups is 1. The van der Waals surface area contributed by atoms with Crippen LogP contribution in [0, 0.1) is 5.92 Å². The highest BCUT2D eigenvalue weighted by atomic mass is 35.5. The molecule has 186 valence electrons. The zero-order chi connectivity index (χ0) is 24.3. The van der Waals surface area contributed by atoms with E-state index in [-0.39, 0.29) is 28.4 Å². The van der Waals surface area contributed by atoms with Gasteiger partial charge in [-0.05, 0) is 57.7 Å². The maximum atomic E-state index is 12.2. The molecule has 0 aliphatic carbocycles. The van der Waals surface area contributed by atoms with Crippen molar-refractivity contribution in [3.05, 3.63) is 29.1 Å². The molecule has 2 aromatic heterocycles. The minimum absolute atomic E-state index is 0.0134. The second-order valence-electron chi connectivity index (χ2n) is 8.63. The summed E-state index contributed by atoms with van der Waals surface area (Å²) in [5.74, 6) is 1.09. The minimum atomic E-state index is -0.624. The topological polar surface area (TPSA) is 177 Å². The number of unbranched alkanes of at least 4 members (excludes halogenated alkanes) is 2. The van der Waals surface area contributed by atoms with Crippen molar-refractivity contribution in [3.63, 3.8) is 0 Å². The lowest BCUT2D eigenvalue weighted by Crippen LogP contribution is -2.38. The predicted molar refractivity (Wildman–Crippen MR) is 134 cm³/mol. The molecule has 1 fully saturated rings. The molecule has 1 aliphatic rings. The molecule has 2 aromatic rings. The summed E-state index contributed by atoms with van der Waals surface area (Å²) in [7, 11) is 0. The summed E-state index contributed by atoms with van der Waals surface area (Å²) in [5.41, 5.74) is 16.9. The number of aromatic nitrogens is 4. The van der Waals surface area contributed by atoms with Crippen LogP contribution in [-0.4, -0.2) is 62.9 Å². The average molecular weight is 491 g/mol. The van der Waals surface area contributed by atoms with Gasteiger partial charge in [0.15, 0.2) is 28.4 Å². The highest BCUT2D eigenvalue weighted by Crippen LogP contribution is 2.23. The molecule has 11 nitrogen and oxygen atoms in total. The van der Waals surface area contributed by atoms with Crippen LogP contribution in [0.15, 0.2) is 17.4 Å². The van der Waals surface area contributed by atoms with E-state index in [1.807, 2.05) is 12.4 Å². The summed E-state index contributed by atoms with van der Waals surface area (Å²) in [4.78, 5) is 34.1. The number of piperidine rings is 1. The third kappa shape index (κ3) is 8.14. The maximum Gasteiger partial charge on any atom is 0.280 e. The fraction of sp³-hybridized carbons (Fsp3) is 0.591. The molecule has 1 aliphatic heterocycles. The van der Waals surface area contributed by atoms with Crippen LogP contribution >= 0.6 is 11.6 Å². The van der Waals surface area contributed by atoms with Gasteiger partial charge in [-0.15, -0.1) is 0 Å². The van der Waals surface area contributed by atoms with Crippen LogP contribution < -0.4 is 22.5 Å². The monoisotopic (exact) mass is 490 g/mol. The van der Waals surface area contributed by atoms with Crippen molar-refractivity contribution in [1.29, 1.82) is 0 Å². The van der Waals surface area contributed by atoms with E-state index in [1.165, 1.54) is 51.7 Å². The van der Waals surface area contributed by atoms with Gasteiger partial charge in [-0.2, -0.15) is 0 Å². The number of guanidine groups is 1. The van der Waals surface area contributed by atoms with E-state index >= 15 is 0 Å². The number of nitrogen functional groups attached to an aromatic ring is 2. The number of likely N-dealkylation sites (tertiary alicyclic amines) is 1. The Hall–Kier alpha value is -2.92. The Bertz CT molecular complexity index is 941. The Morgan fingerprint density at radius 3 is 2.71 bits per heavy atom. The standard InChI is InChI=1S/C22H35ClN10O/c23-18-20(25)31-19(24)17(30-18)21(34)32-22(26)29-9-3-1-5-15-7-13-33(14-8-15)12-4-2-6-16-27-10-11-28-16/h10-11,15H,1-9,12-14H2,(H,27,28)(H4,24,25,31)(H3,26,29,32,34). The van der Waals surface area contributed by atoms with Crippen LogP contribution in [-0.2, 0) is 6.42 Å². The third-order valence-corrected chi connectivity index (χ3v) is 6.34. The number of amides is 1. The first-order valence-corrected chi connectivity index (χ1v) is 12.2. The lowest BCUT2D eigenvalue weighted by atomic mass is 9.91. The molecule has 34 heavy (non-hydrogen) atoms. The number of rotatable bonds is 11. The number of aryl methyl sites for hydroxylation is 1. The first-order chi connectivity index (χ1) is 16.4. The SMILES string of the molecule is NC(=NCCCCC1CCN(CCCCc2ncc[nH]2)CC1)NC(=O)c1nc(Cl)c(N)nc1N. The van der Waals surface area contributed by atoms with Crippen molar-refractivity contribution in [3.8, 4) is 0 Å². The molecular formula is C22H35ClN10O. The number of nitrogens with zero attached hydrogens (tertiary/aromatic N) is 5. The van der Waals surface area contributed by atoms with Crippen LogP contribution in [0.1, 0.15) is 61.3 Å². The Labute approximate surface area is 205 Å². The molecular weight excluding hydrogens is 456 g/mol. The van der Waals surface area contributed by atoms with Crippen molar-refractivity contribution in [1.82, 2.24) is 30.2 Å². The van der Waals surface area contributed by atoms with Gasteiger partial charge in [-0.1, -0.05) is 24.4 Å². The molecule has 1 saturated heterocycles. The molecule has 1 amide bonds. The van der Waals surface area contributed by atoms with Crippen LogP contribution in [0.5, 0.6) is 0 Å². The Kier molecular flexibility index (Phi) is 9.89. The zero-order valence-electron chi connectivity index (χ0n) is 19.5. The first-order valence-electron chi connectivity index (χ1n) is 11.8. The van der Waals surface area contributed by atoms with Crippen molar-refractivity contribution in [2.24, 2.45) is 16.6 Å². The lowest BCUT2D eigenvalue weighted by molar-refractivity contribution is 0.0972. The van der Waals surface area contributed by atoms with E-state index in [2.05, 4.69) is 35.1 Å². The number of H-pyrrole nitrogens is 1. The van der Waals surface area contributed by atoms with Gasteiger partial charge in [0.05, 0.1) is 0 Å². The van der Waals surface area contributed by atoms with Crippen LogP contribution in [0.2, 0.25) is 5.15 Å². The van der Waals surface area contributed by atoms with Gasteiger partial charge >= 0.3 is 0 Å². The summed E-state index contributed by atoms with van der Waals surface area (Å²) in [6.07, 6.45) is 12.8. The highest BCUT2D eigenvalue weighted by Gasteiger charge is 2.19. The first kappa shape index (κ1) is 25.7. The summed E-state index contributed by atoms with van der Waals surface area (Å²) in [5, 5.41) is 2.36. The number of nitrogens with two attached hydrogens (primary N) is 3. The summed E-state index contributed by atoms with van der Waals surface area (Å²) >= 11 is 5.80. The Morgan fingerprint density at radius 2 is 1.97 bits per heavy atom. The van der Waals surface area contributed by atoms with Gasteiger partial charge in [-0.3, -0.25) is 15.1 Å². The largest absolute Gasteiger partial charge is 0.382 e. The smallest absolute Gasteiger partial charge is 0.280 e. The molecule has 12 heteroatoms. The molecule has 0 bridgehead atoms. The molecule has 0 radical (unpaired) electrons. The number of halogens is 1. The van der Waals surface area contributed by atoms with E-state index in [4.69, 9.17) is 28.8 Å². The van der Waals surface area contributed by atoms with Crippen molar-refractivity contribution in [2.75, 3.05) is 37.6 Å². The van der Waals surface area contributed by atoms with Crippen LogP contribution in [0.4, 0.5) is 11.6 Å². The van der Waals surface area contributed by atoms with Crippen LogP contribution in [0.25, 0.3) is 0 Å². The van der Waals surface area contributed by atoms with Gasteiger partial charge in [0.25, 0.3) is 5.91 Å². The van der Waals surface area contributed by atoms with Crippen molar-refractivity contribution < 1.29 is 4.79 Å². The number of carbonyl (C=O) groups excluding carboxylic acids is 1. The number of aromatic amines is 1. The molecule has 8 N–H and O–H groups in total. The van der Waals surface area contributed by atoms with E-state index in [0.717, 1.165) is 31.0 Å². The number of hydrogen-bond donors (Lipinski definition) is 5. The van der Waals surface area contributed by atoms with Gasteiger partial charge in [0.2, 0.25) is 0 Å². The van der Waals surface area contributed by atoms with Gasteiger partial charge in [0, 0.05) is 25.4 Å².